The fourth-order valence-corrected chi connectivity index (χ4v) is 2.23. The third-order valence-electron chi connectivity index (χ3n) is 2.73. The van der Waals surface area contributed by atoms with Crippen LogP contribution < -0.4 is 4.74 Å². The Morgan fingerprint density at radius 3 is 2.50 bits per heavy atom. The van der Waals surface area contributed by atoms with E-state index in [9.17, 15) is 0 Å². The monoisotopic (exact) mass is 218 g/mol. The van der Waals surface area contributed by atoms with Crippen LogP contribution in [0.15, 0.2) is 18.3 Å². The van der Waals surface area contributed by atoms with E-state index in [0.717, 1.165) is 5.52 Å². The van der Waals surface area contributed by atoms with Crippen molar-refractivity contribution in [2.45, 2.75) is 33.2 Å². The molecule has 0 radical (unpaired) electrons. The second-order valence-electron chi connectivity index (χ2n) is 5.08. The number of hydrogen-bond donors (Lipinski definition) is 0. The highest BCUT2D eigenvalue weighted by Gasteiger charge is 2.18. The first-order valence-corrected chi connectivity index (χ1v) is 5.46. The van der Waals surface area contributed by atoms with Crippen LogP contribution in [0.25, 0.3) is 10.9 Å². The van der Waals surface area contributed by atoms with E-state index in [1.807, 2.05) is 12.3 Å². The molecule has 2 aromatic heterocycles. The first-order chi connectivity index (χ1) is 7.43. The minimum atomic E-state index is 0.0715. The molecule has 0 unspecified atom stereocenters. The summed E-state index contributed by atoms with van der Waals surface area (Å²) in [5, 5.41) is 1.18. The lowest BCUT2D eigenvalue weighted by Crippen LogP contribution is -2.22. The van der Waals surface area contributed by atoms with Crippen LogP contribution >= 0.6 is 0 Å². The molecule has 0 bridgehead atoms. The van der Waals surface area contributed by atoms with E-state index in [1.165, 1.54) is 11.1 Å². The van der Waals surface area contributed by atoms with Crippen LogP contribution in [0.5, 0.6) is 5.88 Å². The van der Waals surface area contributed by atoms with Crippen molar-refractivity contribution in [3.8, 4) is 5.88 Å². The Morgan fingerprint density at radius 1 is 1.25 bits per heavy atom. The highest BCUT2D eigenvalue weighted by molar-refractivity contribution is 5.81. The molecule has 0 aliphatic rings. The van der Waals surface area contributed by atoms with E-state index in [0.29, 0.717) is 5.88 Å². The largest absolute Gasteiger partial charge is 0.481 e. The van der Waals surface area contributed by atoms with Crippen molar-refractivity contribution >= 4 is 10.9 Å². The maximum atomic E-state index is 5.14. The lowest BCUT2D eigenvalue weighted by molar-refractivity contribution is 0.395. The Morgan fingerprint density at radius 2 is 1.94 bits per heavy atom. The van der Waals surface area contributed by atoms with Crippen molar-refractivity contribution < 1.29 is 4.74 Å². The number of pyridine rings is 1. The highest BCUT2D eigenvalue weighted by atomic mass is 16.5. The molecule has 3 nitrogen and oxygen atoms in total. The molecule has 0 N–H and O–H groups in total. The molecule has 0 amide bonds. The predicted octanol–water partition coefficient (Wildman–Crippen LogP) is 3.11. The number of hydrogen-bond acceptors (Lipinski definition) is 2. The SMILES string of the molecule is COc1cc2cc(C)n(C(C)(C)C)c2cn1. The molecule has 0 saturated carbocycles. The summed E-state index contributed by atoms with van der Waals surface area (Å²) in [7, 11) is 1.64. The van der Waals surface area contributed by atoms with E-state index in [2.05, 4.69) is 43.3 Å². The van der Waals surface area contributed by atoms with Crippen LogP contribution in [0.2, 0.25) is 0 Å². The van der Waals surface area contributed by atoms with Crippen molar-refractivity contribution in [1.29, 1.82) is 0 Å². The zero-order chi connectivity index (χ0) is 11.9. The van der Waals surface area contributed by atoms with Gasteiger partial charge >= 0.3 is 0 Å². The zero-order valence-corrected chi connectivity index (χ0v) is 10.5. The van der Waals surface area contributed by atoms with Crippen LogP contribution in [-0.2, 0) is 5.54 Å². The molecule has 2 aromatic rings. The minimum Gasteiger partial charge on any atom is -0.481 e. The number of rotatable bonds is 1. The maximum absolute atomic E-state index is 5.14. The van der Waals surface area contributed by atoms with Crippen LogP contribution in [0, 0.1) is 6.92 Å². The summed E-state index contributed by atoms with van der Waals surface area (Å²) in [4.78, 5) is 4.27. The topological polar surface area (TPSA) is 27.1 Å². The molecule has 86 valence electrons. The van der Waals surface area contributed by atoms with Gasteiger partial charge in [0, 0.05) is 22.7 Å². The Balaban J connectivity index is 2.72. The lowest BCUT2D eigenvalue weighted by Gasteiger charge is -2.24. The van der Waals surface area contributed by atoms with Gasteiger partial charge < -0.3 is 9.30 Å². The number of nitrogens with zero attached hydrogens (tertiary/aromatic N) is 2. The van der Waals surface area contributed by atoms with Crippen molar-refractivity contribution in [2.75, 3.05) is 7.11 Å². The molecule has 0 aliphatic carbocycles. The third kappa shape index (κ3) is 1.66. The van der Waals surface area contributed by atoms with E-state index in [-0.39, 0.29) is 5.54 Å². The van der Waals surface area contributed by atoms with Gasteiger partial charge in [-0.25, -0.2) is 4.98 Å². The second kappa shape index (κ2) is 3.51. The van der Waals surface area contributed by atoms with Crippen LogP contribution in [0.4, 0.5) is 0 Å². The van der Waals surface area contributed by atoms with Gasteiger partial charge in [0.05, 0.1) is 18.8 Å². The van der Waals surface area contributed by atoms with Gasteiger partial charge in [0.25, 0.3) is 0 Å². The molecule has 3 heteroatoms. The van der Waals surface area contributed by atoms with E-state index in [1.54, 1.807) is 7.11 Å². The van der Waals surface area contributed by atoms with Crippen LogP contribution in [0.3, 0.4) is 0 Å². The zero-order valence-electron chi connectivity index (χ0n) is 10.5. The van der Waals surface area contributed by atoms with Gasteiger partial charge in [-0.05, 0) is 33.8 Å². The van der Waals surface area contributed by atoms with Gasteiger partial charge in [-0.1, -0.05) is 0 Å². The van der Waals surface area contributed by atoms with Crippen molar-refractivity contribution in [3.63, 3.8) is 0 Å². The van der Waals surface area contributed by atoms with Gasteiger partial charge in [0.15, 0.2) is 0 Å². The number of ether oxygens (including phenoxy) is 1. The van der Waals surface area contributed by atoms with Gasteiger partial charge in [-0.15, -0.1) is 0 Å². The van der Waals surface area contributed by atoms with Crippen molar-refractivity contribution in [3.05, 3.63) is 24.0 Å². The van der Waals surface area contributed by atoms with Gasteiger partial charge in [0.2, 0.25) is 5.88 Å². The lowest BCUT2D eigenvalue weighted by atomic mass is 10.1. The molecule has 2 heterocycles. The summed E-state index contributed by atoms with van der Waals surface area (Å²) in [5.41, 5.74) is 2.48. The normalized spacial score (nSPS) is 12.1. The molecule has 0 aliphatic heterocycles. The summed E-state index contributed by atoms with van der Waals surface area (Å²) in [6.45, 7) is 8.72. The number of methoxy groups -OCH3 is 1. The van der Waals surface area contributed by atoms with Crippen LogP contribution in [0.1, 0.15) is 26.5 Å². The van der Waals surface area contributed by atoms with Gasteiger partial charge in [0.1, 0.15) is 0 Å². The Labute approximate surface area is 96.1 Å². The van der Waals surface area contributed by atoms with E-state index in [4.69, 9.17) is 4.74 Å². The molecule has 0 spiro atoms. The first-order valence-electron chi connectivity index (χ1n) is 5.46. The molecule has 0 atom stereocenters. The Hall–Kier alpha value is -1.51. The second-order valence-corrected chi connectivity index (χ2v) is 5.08. The fourth-order valence-electron chi connectivity index (χ4n) is 2.23. The van der Waals surface area contributed by atoms with Gasteiger partial charge in [-0.2, -0.15) is 0 Å². The summed E-state index contributed by atoms with van der Waals surface area (Å²) < 4.78 is 7.44. The molecule has 16 heavy (non-hydrogen) atoms. The third-order valence-corrected chi connectivity index (χ3v) is 2.73. The summed E-state index contributed by atoms with van der Waals surface area (Å²) in [6, 6.07) is 4.15. The average molecular weight is 218 g/mol. The Kier molecular flexibility index (Phi) is 2.41. The number of aryl methyl sites for hydroxylation is 1. The van der Waals surface area contributed by atoms with Gasteiger partial charge in [-0.3, -0.25) is 0 Å². The standard InChI is InChI=1S/C13H18N2O/c1-9-6-10-7-12(16-5)14-8-11(10)15(9)13(2,3)4/h6-8H,1-5H3. The van der Waals surface area contributed by atoms with E-state index >= 15 is 0 Å². The first kappa shape index (κ1) is 11.0. The number of fused-ring (bicyclic) bond motifs is 1. The predicted molar refractivity (Wildman–Crippen MR) is 66.0 cm³/mol. The van der Waals surface area contributed by atoms with Crippen molar-refractivity contribution in [1.82, 2.24) is 9.55 Å². The summed E-state index contributed by atoms with van der Waals surface area (Å²) in [5.74, 6) is 0.665. The highest BCUT2D eigenvalue weighted by Crippen LogP contribution is 2.28. The molecule has 2 rings (SSSR count). The summed E-state index contributed by atoms with van der Waals surface area (Å²) >= 11 is 0. The molecular weight excluding hydrogens is 200 g/mol. The average Bonchev–Trinajstić information content (AvgIpc) is 2.51. The van der Waals surface area contributed by atoms with Crippen LogP contribution in [-0.4, -0.2) is 16.7 Å². The fraction of sp³-hybridized carbons (Fsp3) is 0.462. The van der Waals surface area contributed by atoms with E-state index < -0.39 is 0 Å². The molecule has 0 saturated heterocycles. The molecular formula is C13H18N2O. The summed E-state index contributed by atoms with van der Waals surface area (Å²) in [6.07, 6.45) is 1.88. The minimum absolute atomic E-state index is 0.0715. The maximum Gasteiger partial charge on any atom is 0.213 e. The van der Waals surface area contributed by atoms with Crippen molar-refractivity contribution in [2.24, 2.45) is 0 Å². The molecule has 0 fully saturated rings. The number of aromatic nitrogens is 2. The quantitative estimate of drug-likeness (QED) is 0.735. The smallest absolute Gasteiger partial charge is 0.213 e. The molecule has 0 aromatic carbocycles. The Bertz CT molecular complexity index is 520.